The van der Waals surface area contributed by atoms with Crippen LogP contribution in [0.3, 0.4) is 0 Å². The first-order chi connectivity index (χ1) is 11.3. The van der Waals surface area contributed by atoms with E-state index in [2.05, 4.69) is 11.1 Å². The number of nitriles is 2. The maximum absolute atomic E-state index is 9.00. The van der Waals surface area contributed by atoms with Crippen LogP contribution in [-0.2, 0) is 6.42 Å². The Morgan fingerprint density at radius 2 is 2.00 bits per heavy atom. The van der Waals surface area contributed by atoms with Crippen LogP contribution in [0, 0.1) is 28.7 Å². The summed E-state index contributed by atoms with van der Waals surface area (Å²) in [6, 6.07) is 17.4. The van der Waals surface area contributed by atoms with E-state index in [9.17, 15) is 0 Å². The van der Waals surface area contributed by atoms with Gasteiger partial charge >= 0.3 is 0 Å². The molecule has 1 unspecified atom stereocenters. The molecule has 1 aliphatic rings. The van der Waals surface area contributed by atoms with Crippen LogP contribution in [0.15, 0.2) is 53.5 Å². The molecule has 1 atom stereocenters. The van der Waals surface area contributed by atoms with Gasteiger partial charge in [0.2, 0.25) is 6.19 Å². The first kappa shape index (κ1) is 14.8. The van der Waals surface area contributed by atoms with Crippen LogP contribution in [0.4, 0.5) is 0 Å². The van der Waals surface area contributed by atoms with Gasteiger partial charge in [-0.25, -0.2) is 0 Å². The molecule has 0 N–H and O–H groups in total. The lowest BCUT2D eigenvalue weighted by molar-refractivity contribution is 0.267. The third-order valence-corrected chi connectivity index (χ3v) is 4.00. The summed E-state index contributed by atoms with van der Waals surface area (Å²) in [5.41, 5.74) is 3.47. The summed E-state index contributed by atoms with van der Waals surface area (Å²) in [7, 11) is 0. The SMILES string of the molecule is N#C/N=C1\c2ccccc2OCC1CCc1cccc(C#N)c1. The Kier molecular flexibility index (Phi) is 4.36. The highest BCUT2D eigenvalue weighted by Gasteiger charge is 2.26. The van der Waals surface area contributed by atoms with Crippen LogP contribution >= 0.6 is 0 Å². The van der Waals surface area contributed by atoms with Crippen molar-refractivity contribution in [2.45, 2.75) is 12.8 Å². The number of hydrogen-bond donors (Lipinski definition) is 0. The number of fused-ring (bicyclic) bond motifs is 1. The lowest BCUT2D eigenvalue weighted by atomic mass is 9.89. The summed E-state index contributed by atoms with van der Waals surface area (Å²) < 4.78 is 5.80. The monoisotopic (exact) mass is 301 g/mol. The summed E-state index contributed by atoms with van der Waals surface area (Å²) in [6.07, 6.45) is 3.55. The number of hydrogen-bond acceptors (Lipinski definition) is 4. The normalized spacial score (nSPS) is 17.7. The van der Waals surface area contributed by atoms with Crippen LogP contribution in [-0.4, -0.2) is 12.3 Å². The predicted molar refractivity (Wildman–Crippen MR) is 87.1 cm³/mol. The zero-order valence-electron chi connectivity index (χ0n) is 12.6. The molecule has 2 aromatic rings. The molecule has 1 aliphatic heterocycles. The molecule has 1 heterocycles. The Morgan fingerprint density at radius 3 is 2.83 bits per heavy atom. The second kappa shape index (κ2) is 6.77. The van der Waals surface area contributed by atoms with Gasteiger partial charge in [0.25, 0.3) is 0 Å². The van der Waals surface area contributed by atoms with Crippen molar-refractivity contribution in [3.8, 4) is 18.0 Å². The van der Waals surface area contributed by atoms with Gasteiger partial charge in [0.15, 0.2) is 0 Å². The topological polar surface area (TPSA) is 69.2 Å². The summed E-state index contributed by atoms with van der Waals surface area (Å²) in [6.45, 7) is 0.523. The smallest absolute Gasteiger partial charge is 0.205 e. The molecule has 0 fully saturated rings. The van der Waals surface area contributed by atoms with Gasteiger partial charge in [-0.15, -0.1) is 0 Å². The zero-order chi connectivity index (χ0) is 16.1. The second-order valence-corrected chi connectivity index (χ2v) is 5.45. The molecule has 0 aliphatic carbocycles. The van der Waals surface area contributed by atoms with Crippen molar-refractivity contribution in [2.24, 2.45) is 10.9 Å². The number of aryl methyl sites for hydroxylation is 1. The van der Waals surface area contributed by atoms with Gasteiger partial charge in [-0.05, 0) is 42.7 Å². The minimum Gasteiger partial charge on any atom is -0.492 e. The van der Waals surface area contributed by atoms with E-state index in [-0.39, 0.29) is 5.92 Å². The number of ether oxygens (including phenoxy) is 1. The molecule has 0 aromatic heterocycles. The van der Waals surface area contributed by atoms with Crippen LogP contribution < -0.4 is 4.74 Å². The van der Waals surface area contributed by atoms with Crippen molar-refractivity contribution in [1.29, 1.82) is 10.5 Å². The number of rotatable bonds is 3. The Morgan fingerprint density at radius 1 is 1.13 bits per heavy atom. The minimum atomic E-state index is 0.0790. The lowest BCUT2D eigenvalue weighted by Gasteiger charge is -2.26. The molecule has 0 saturated carbocycles. The van der Waals surface area contributed by atoms with Crippen molar-refractivity contribution in [3.63, 3.8) is 0 Å². The average molecular weight is 301 g/mol. The molecule has 112 valence electrons. The van der Waals surface area contributed by atoms with Gasteiger partial charge in [0.1, 0.15) is 5.75 Å². The Hall–Kier alpha value is -3.11. The van der Waals surface area contributed by atoms with Gasteiger partial charge in [-0.2, -0.15) is 15.5 Å². The van der Waals surface area contributed by atoms with Crippen LogP contribution in [0.2, 0.25) is 0 Å². The van der Waals surface area contributed by atoms with Crippen molar-refractivity contribution in [2.75, 3.05) is 6.61 Å². The van der Waals surface area contributed by atoms with Gasteiger partial charge in [-0.1, -0.05) is 24.3 Å². The molecule has 3 rings (SSSR count). The summed E-state index contributed by atoms with van der Waals surface area (Å²) in [4.78, 5) is 4.04. The van der Waals surface area contributed by atoms with E-state index in [0.29, 0.717) is 12.2 Å². The number of benzene rings is 2. The maximum atomic E-state index is 9.00. The van der Waals surface area contributed by atoms with Crippen LogP contribution in [0.25, 0.3) is 0 Å². The molecular weight excluding hydrogens is 286 g/mol. The molecule has 4 nitrogen and oxygen atoms in total. The van der Waals surface area contributed by atoms with Gasteiger partial charge in [0.05, 0.1) is 24.0 Å². The second-order valence-electron chi connectivity index (χ2n) is 5.45. The Balaban J connectivity index is 1.79. The number of nitrogens with zero attached hydrogens (tertiary/aromatic N) is 3. The highest BCUT2D eigenvalue weighted by Crippen LogP contribution is 2.29. The highest BCUT2D eigenvalue weighted by molar-refractivity contribution is 6.05. The average Bonchev–Trinajstić information content (AvgIpc) is 2.61. The van der Waals surface area contributed by atoms with Crippen molar-refractivity contribution < 1.29 is 4.74 Å². The van der Waals surface area contributed by atoms with E-state index < -0.39 is 0 Å². The van der Waals surface area contributed by atoms with E-state index >= 15 is 0 Å². The molecule has 23 heavy (non-hydrogen) atoms. The molecule has 0 bridgehead atoms. The van der Waals surface area contributed by atoms with E-state index in [0.717, 1.165) is 35.4 Å². The first-order valence-electron chi connectivity index (χ1n) is 7.49. The van der Waals surface area contributed by atoms with Crippen molar-refractivity contribution >= 4 is 5.71 Å². The molecule has 0 spiro atoms. The Labute approximate surface area is 135 Å². The third kappa shape index (κ3) is 3.22. The zero-order valence-corrected chi connectivity index (χ0v) is 12.6. The molecular formula is C19H15N3O. The van der Waals surface area contributed by atoms with Crippen LogP contribution in [0.1, 0.15) is 23.1 Å². The number of para-hydroxylation sites is 1. The van der Waals surface area contributed by atoms with E-state index in [1.54, 1.807) is 6.07 Å². The fourth-order valence-electron chi connectivity index (χ4n) is 2.86. The maximum Gasteiger partial charge on any atom is 0.205 e. The largest absolute Gasteiger partial charge is 0.492 e. The van der Waals surface area contributed by atoms with Crippen molar-refractivity contribution in [3.05, 3.63) is 65.2 Å². The minimum absolute atomic E-state index is 0.0790. The Bertz CT molecular complexity index is 827. The molecule has 0 amide bonds. The number of aliphatic imine (C=N–C) groups is 1. The van der Waals surface area contributed by atoms with Crippen LogP contribution in [0.5, 0.6) is 5.75 Å². The highest BCUT2D eigenvalue weighted by atomic mass is 16.5. The van der Waals surface area contributed by atoms with E-state index in [4.69, 9.17) is 15.3 Å². The third-order valence-electron chi connectivity index (χ3n) is 4.00. The van der Waals surface area contributed by atoms with E-state index in [1.807, 2.05) is 48.7 Å². The quantitative estimate of drug-likeness (QED) is 0.815. The van der Waals surface area contributed by atoms with Crippen molar-refractivity contribution in [1.82, 2.24) is 0 Å². The van der Waals surface area contributed by atoms with Gasteiger partial charge in [0, 0.05) is 11.5 Å². The fraction of sp³-hybridized carbons (Fsp3) is 0.211. The predicted octanol–water partition coefficient (Wildman–Crippen LogP) is 3.47. The standard InChI is InChI=1S/C19H15N3O/c20-11-15-5-3-4-14(10-15)8-9-16-12-23-18-7-2-1-6-17(18)19(16)22-13-21/h1-7,10,16H,8-9,12H2/b22-19-. The molecule has 0 radical (unpaired) electrons. The van der Waals surface area contributed by atoms with E-state index in [1.165, 1.54) is 0 Å². The summed E-state index contributed by atoms with van der Waals surface area (Å²) in [5, 5.41) is 18.0. The lowest BCUT2D eigenvalue weighted by Crippen LogP contribution is -2.29. The molecule has 0 saturated heterocycles. The summed E-state index contributed by atoms with van der Waals surface area (Å²) in [5.74, 6) is 0.861. The van der Waals surface area contributed by atoms with Gasteiger partial charge in [-0.3, -0.25) is 0 Å². The molecule has 4 heteroatoms. The summed E-state index contributed by atoms with van der Waals surface area (Å²) >= 11 is 0. The fourth-order valence-corrected chi connectivity index (χ4v) is 2.86. The van der Waals surface area contributed by atoms with Gasteiger partial charge < -0.3 is 4.74 Å². The first-order valence-corrected chi connectivity index (χ1v) is 7.49. The molecule has 2 aromatic carbocycles.